The summed E-state index contributed by atoms with van der Waals surface area (Å²) in [7, 11) is -3.96. The second-order valence-corrected chi connectivity index (χ2v) is 8.34. The number of carbonyl (C=O) groups excluding carboxylic acids is 1. The Hall–Kier alpha value is -2.68. The summed E-state index contributed by atoms with van der Waals surface area (Å²) in [5, 5.41) is 2.23. The third-order valence-electron chi connectivity index (χ3n) is 3.75. The molecule has 0 radical (unpaired) electrons. The van der Waals surface area contributed by atoms with Gasteiger partial charge in [0.15, 0.2) is 0 Å². The molecule has 0 saturated heterocycles. The van der Waals surface area contributed by atoms with Crippen molar-refractivity contribution in [3.63, 3.8) is 0 Å². The molecule has 0 aliphatic rings. The Morgan fingerprint density at radius 3 is 2.21 bits per heavy atom. The van der Waals surface area contributed by atoms with Crippen LogP contribution in [0.4, 0.5) is 20.2 Å². The van der Waals surface area contributed by atoms with Crippen LogP contribution >= 0.6 is 23.2 Å². The van der Waals surface area contributed by atoms with Crippen molar-refractivity contribution in [1.82, 2.24) is 0 Å². The lowest BCUT2D eigenvalue weighted by molar-refractivity contribution is 0.102. The smallest absolute Gasteiger partial charge is 0.261 e. The zero-order valence-corrected chi connectivity index (χ0v) is 16.7. The molecule has 150 valence electrons. The Morgan fingerprint density at radius 1 is 0.862 bits per heavy atom. The van der Waals surface area contributed by atoms with E-state index in [-0.39, 0.29) is 31.9 Å². The van der Waals surface area contributed by atoms with Gasteiger partial charge < -0.3 is 5.32 Å². The molecule has 0 aliphatic carbocycles. The molecule has 0 spiro atoms. The fourth-order valence-electron chi connectivity index (χ4n) is 2.38. The number of carbonyl (C=O) groups is 1. The lowest BCUT2D eigenvalue weighted by atomic mass is 10.2. The number of nitrogens with one attached hydrogen (secondary N) is 2. The third-order valence-corrected chi connectivity index (χ3v) is 5.75. The van der Waals surface area contributed by atoms with E-state index in [4.69, 9.17) is 23.2 Å². The summed E-state index contributed by atoms with van der Waals surface area (Å²) >= 11 is 11.5. The maximum Gasteiger partial charge on any atom is 0.261 e. The number of hydrogen-bond acceptors (Lipinski definition) is 3. The first kappa shape index (κ1) is 21.0. The van der Waals surface area contributed by atoms with E-state index < -0.39 is 27.6 Å². The van der Waals surface area contributed by atoms with E-state index >= 15 is 0 Å². The molecule has 0 aromatic heterocycles. The van der Waals surface area contributed by atoms with Crippen LogP contribution in [-0.2, 0) is 10.0 Å². The fraction of sp³-hybridized carbons (Fsp3) is 0. The van der Waals surface area contributed by atoms with Gasteiger partial charge in [-0.1, -0.05) is 29.3 Å². The number of amides is 1. The van der Waals surface area contributed by atoms with Gasteiger partial charge in [0.25, 0.3) is 15.9 Å². The van der Waals surface area contributed by atoms with Crippen LogP contribution in [0.15, 0.2) is 65.6 Å². The molecule has 1 amide bonds. The maximum atomic E-state index is 13.6. The first-order valence-electron chi connectivity index (χ1n) is 8.00. The molecular formula is C19H12Cl2F2N2O3S. The van der Waals surface area contributed by atoms with Gasteiger partial charge in [0, 0.05) is 5.69 Å². The van der Waals surface area contributed by atoms with Crippen molar-refractivity contribution >= 4 is 50.5 Å². The summed E-state index contributed by atoms with van der Waals surface area (Å²) < 4.78 is 53.8. The maximum absolute atomic E-state index is 13.6. The summed E-state index contributed by atoms with van der Waals surface area (Å²) in [4.78, 5) is 12.2. The highest BCUT2D eigenvalue weighted by Crippen LogP contribution is 2.25. The van der Waals surface area contributed by atoms with Gasteiger partial charge in [-0.3, -0.25) is 9.52 Å². The number of benzene rings is 3. The van der Waals surface area contributed by atoms with Crippen LogP contribution in [-0.4, -0.2) is 14.3 Å². The minimum atomic E-state index is -3.96. The summed E-state index contributed by atoms with van der Waals surface area (Å²) in [6.07, 6.45) is 0. The summed E-state index contributed by atoms with van der Waals surface area (Å²) in [5.74, 6) is -2.08. The minimum Gasteiger partial charge on any atom is -0.322 e. The lowest BCUT2D eigenvalue weighted by Crippen LogP contribution is -2.14. The van der Waals surface area contributed by atoms with E-state index in [2.05, 4.69) is 10.0 Å². The molecule has 10 heteroatoms. The van der Waals surface area contributed by atoms with Crippen molar-refractivity contribution in [2.45, 2.75) is 4.90 Å². The average molecular weight is 457 g/mol. The fourth-order valence-corrected chi connectivity index (χ4v) is 3.90. The molecule has 5 nitrogen and oxygen atoms in total. The Morgan fingerprint density at radius 2 is 1.55 bits per heavy atom. The average Bonchev–Trinajstić information content (AvgIpc) is 2.64. The van der Waals surface area contributed by atoms with Crippen molar-refractivity contribution in [1.29, 1.82) is 0 Å². The highest BCUT2D eigenvalue weighted by atomic mass is 35.5. The summed E-state index contributed by atoms with van der Waals surface area (Å²) in [6.45, 7) is 0. The van der Waals surface area contributed by atoms with Crippen molar-refractivity contribution < 1.29 is 22.0 Å². The zero-order chi connectivity index (χ0) is 21.2. The van der Waals surface area contributed by atoms with Gasteiger partial charge in [-0.25, -0.2) is 17.2 Å². The van der Waals surface area contributed by atoms with Crippen LogP contribution in [0.5, 0.6) is 0 Å². The molecule has 0 fully saturated rings. The number of hydrogen-bond donors (Lipinski definition) is 2. The largest absolute Gasteiger partial charge is 0.322 e. The Balaban J connectivity index is 1.76. The van der Waals surface area contributed by atoms with Crippen LogP contribution in [0.2, 0.25) is 10.0 Å². The van der Waals surface area contributed by atoms with Gasteiger partial charge in [-0.15, -0.1) is 0 Å². The molecular weight excluding hydrogens is 445 g/mol. The molecule has 0 bridgehead atoms. The molecule has 0 saturated carbocycles. The Labute approximate surface area is 175 Å². The molecule has 0 heterocycles. The second-order valence-electron chi connectivity index (χ2n) is 5.84. The number of anilines is 2. The van der Waals surface area contributed by atoms with E-state index in [9.17, 15) is 22.0 Å². The van der Waals surface area contributed by atoms with Crippen LogP contribution in [0.1, 0.15) is 10.4 Å². The highest BCUT2D eigenvalue weighted by Gasteiger charge is 2.17. The second kappa shape index (κ2) is 8.36. The van der Waals surface area contributed by atoms with E-state index in [1.807, 2.05) is 0 Å². The normalized spacial score (nSPS) is 11.2. The summed E-state index contributed by atoms with van der Waals surface area (Å²) in [5.41, 5.74) is 0.200. The first-order valence-corrected chi connectivity index (χ1v) is 10.2. The predicted octanol–water partition coefficient (Wildman–Crippen LogP) is 5.32. The molecule has 0 aliphatic heterocycles. The molecule has 0 unspecified atom stereocenters. The van der Waals surface area contributed by atoms with Crippen molar-refractivity contribution in [3.8, 4) is 0 Å². The van der Waals surface area contributed by atoms with Crippen LogP contribution in [0.25, 0.3) is 0 Å². The molecule has 2 N–H and O–H groups in total. The van der Waals surface area contributed by atoms with Gasteiger partial charge in [-0.05, 0) is 54.6 Å². The quantitative estimate of drug-likeness (QED) is 0.509. The topological polar surface area (TPSA) is 75.3 Å². The van der Waals surface area contributed by atoms with Gasteiger partial charge in [0.1, 0.15) is 11.6 Å². The number of halogens is 4. The molecule has 3 aromatic carbocycles. The first-order chi connectivity index (χ1) is 13.7. The highest BCUT2D eigenvalue weighted by molar-refractivity contribution is 7.92. The molecule has 29 heavy (non-hydrogen) atoms. The van der Waals surface area contributed by atoms with Crippen LogP contribution in [0.3, 0.4) is 0 Å². The third kappa shape index (κ3) is 5.03. The Kier molecular flexibility index (Phi) is 6.07. The summed E-state index contributed by atoms with van der Waals surface area (Å²) in [6, 6.07) is 12.2. The van der Waals surface area contributed by atoms with Gasteiger partial charge in [0.2, 0.25) is 0 Å². The zero-order valence-electron chi connectivity index (χ0n) is 14.4. The van der Waals surface area contributed by atoms with Gasteiger partial charge in [-0.2, -0.15) is 0 Å². The van der Waals surface area contributed by atoms with Crippen LogP contribution in [0, 0.1) is 11.6 Å². The van der Waals surface area contributed by atoms with Gasteiger partial charge in [0.05, 0.1) is 26.2 Å². The lowest BCUT2D eigenvalue weighted by Gasteiger charge is -2.10. The molecule has 0 atom stereocenters. The van der Waals surface area contributed by atoms with Crippen LogP contribution < -0.4 is 10.0 Å². The van der Waals surface area contributed by atoms with Gasteiger partial charge >= 0.3 is 0 Å². The van der Waals surface area contributed by atoms with Crippen molar-refractivity contribution in [2.24, 2.45) is 0 Å². The SMILES string of the molecule is O=C(Nc1ccc(S(=O)(=O)Nc2cccc(F)c2)cc1)c1cc(F)c(Cl)cc1Cl. The monoisotopic (exact) mass is 456 g/mol. The predicted molar refractivity (Wildman–Crippen MR) is 108 cm³/mol. The van der Waals surface area contributed by atoms with Crippen molar-refractivity contribution in [3.05, 3.63) is 87.9 Å². The van der Waals surface area contributed by atoms with E-state index in [1.54, 1.807) is 0 Å². The molecule has 3 aromatic rings. The Bertz CT molecular complexity index is 1190. The van der Waals surface area contributed by atoms with E-state index in [0.717, 1.165) is 18.2 Å². The minimum absolute atomic E-state index is 0.0348. The van der Waals surface area contributed by atoms with E-state index in [0.29, 0.717) is 0 Å². The standard InChI is InChI=1S/C19H12Cl2F2N2O3S/c20-16-10-17(21)18(23)9-15(16)19(26)24-12-4-6-14(7-5-12)29(27,28)25-13-3-1-2-11(22)8-13/h1-10,25H,(H,24,26). The molecule has 3 rings (SSSR count). The van der Waals surface area contributed by atoms with E-state index in [1.165, 1.54) is 42.5 Å². The number of sulfonamides is 1. The number of rotatable bonds is 5. The van der Waals surface area contributed by atoms with Crippen molar-refractivity contribution in [2.75, 3.05) is 10.0 Å².